The summed E-state index contributed by atoms with van der Waals surface area (Å²) in [6.45, 7) is 4.74. The lowest BCUT2D eigenvalue weighted by Crippen LogP contribution is -2.34. The normalized spacial score (nSPS) is 10.8. The van der Waals surface area contributed by atoms with Gasteiger partial charge < -0.3 is 10.0 Å². The van der Waals surface area contributed by atoms with Crippen LogP contribution in [0.5, 0.6) is 0 Å². The summed E-state index contributed by atoms with van der Waals surface area (Å²) < 4.78 is 1.79. The van der Waals surface area contributed by atoms with Crippen molar-refractivity contribution >= 4 is 11.6 Å². The average molecular weight is 247 g/mol. The van der Waals surface area contributed by atoms with Crippen molar-refractivity contribution in [3.05, 3.63) is 35.8 Å². The number of hydrogen-bond acceptors (Lipinski definition) is 3. The summed E-state index contributed by atoms with van der Waals surface area (Å²) in [5.41, 5.74) is 2.35. The van der Waals surface area contributed by atoms with Crippen molar-refractivity contribution in [2.24, 2.45) is 0 Å². The predicted octanol–water partition coefficient (Wildman–Crippen LogP) is 1.10. The molecular weight excluding hydrogens is 230 g/mol. The van der Waals surface area contributed by atoms with Crippen LogP contribution >= 0.6 is 0 Å². The highest BCUT2D eigenvalue weighted by Crippen LogP contribution is 2.11. The number of hydrogen-bond donors (Lipinski definition) is 1. The first-order valence-electron chi connectivity index (χ1n) is 6.01. The summed E-state index contributed by atoms with van der Waals surface area (Å²) in [6.07, 6.45) is 3.47. The molecule has 5 nitrogen and oxygen atoms in total. The second kappa shape index (κ2) is 5.18. The summed E-state index contributed by atoms with van der Waals surface area (Å²) in [5, 5.41) is 8.96. The van der Waals surface area contributed by atoms with Gasteiger partial charge in [0.25, 0.3) is 5.91 Å². The van der Waals surface area contributed by atoms with E-state index in [1.807, 2.05) is 32.2 Å². The predicted molar refractivity (Wildman–Crippen MR) is 68.6 cm³/mol. The number of carbonyl (C=O) groups excluding carboxylic acids is 1. The van der Waals surface area contributed by atoms with Crippen molar-refractivity contribution in [1.29, 1.82) is 0 Å². The molecule has 0 spiro atoms. The maximum Gasteiger partial charge on any atom is 0.272 e. The zero-order chi connectivity index (χ0) is 13.1. The van der Waals surface area contributed by atoms with E-state index in [2.05, 4.69) is 4.98 Å². The Bertz CT molecular complexity index is 562. The van der Waals surface area contributed by atoms with Crippen LogP contribution in [0.25, 0.3) is 5.65 Å². The molecule has 0 unspecified atom stereocenters. The number of aromatic nitrogens is 2. The first-order valence-corrected chi connectivity index (χ1v) is 6.01. The minimum atomic E-state index is -0.107. The number of carbonyl (C=O) groups is 1. The summed E-state index contributed by atoms with van der Waals surface area (Å²) in [7, 11) is 0. The number of aryl methyl sites for hydroxylation is 1. The number of imidazole rings is 1. The van der Waals surface area contributed by atoms with E-state index in [9.17, 15) is 4.79 Å². The molecule has 0 atom stereocenters. The molecule has 2 aromatic heterocycles. The van der Waals surface area contributed by atoms with Gasteiger partial charge in [0, 0.05) is 19.3 Å². The number of aliphatic hydroxyl groups is 1. The summed E-state index contributed by atoms with van der Waals surface area (Å²) in [4.78, 5) is 18.1. The maximum absolute atomic E-state index is 12.3. The van der Waals surface area contributed by atoms with Crippen molar-refractivity contribution in [2.75, 3.05) is 19.7 Å². The molecule has 0 aliphatic carbocycles. The van der Waals surface area contributed by atoms with E-state index in [-0.39, 0.29) is 12.5 Å². The number of fused-ring (bicyclic) bond motifs is 1. The van der Waals surface area contributed by atoms with E-state index in [0.29, 0.717) is 18.8 Å². The first-order chi connectivity index (χ1) is 8.67. The first kappa shape index (κ1) is 12.6. The Morgan fingerprint density at radius 2 is 2.28 bits per heavy atom. The van der Waals surface area contributed by atoms with Gasteiger partial charge in [-0.25, -0.2) is 4.98 Å². The van der Waals surface area contributed by atoms with E-state index in [1.54, 1.807) is 15.5 Å². The highest BCUT2D eigenvalue weighted by atomic mass is 16.3. The second-order valence-electron chi connectivity index (χ2n) is 4.19. The lowest BCUT2D eigenvalue weighted by atomic mass is 10.3. The van der Waals surface area contributed by atoms with E-state index in [4.69, 9.17) is 5.11 Å². The van der Waals surface area contributed by atoms with E-state index < -0.39 is 0 Å². The van der Waals surface area contributed by atoms with Crippen molar-refractivity contribution in [3.8, 4) is 0 Å². The molecule has 1 N–H and O–H groups in total. The van der Waals surface area contributed by atoms with Gasteiger partial charge in [0.1, 0.15) is 11.3 Å². The molecule has 0 bridgehead atoms. The molecule has 2 heterocycles. The zero-order valence-corrected chi connectivity index (χ0v) is 10.6. The minimum absolute atomic E-state index is 0.0324. The van der Waals surface area contributed by atoms with Crippen LogP contribution in [-0.4, -0.2) is 45.0 Å². The van der Waals surface area contributed by atoms with Crippen molar-refractivity contribution < 1.29 is 9.90 Å². The molecule has 0 aromatic carbocycles. The third kappa shape index (κ3) is 2.22. The molecule has 0 radical (unpaired) electrons. The number of likely N-dealkylation sites (N-methyl/N-ethyl adjacent to an activating group) is 1. The highest BCUT2D eigenvalue weighted by Gasteiger charge is 2.17. The van der Waals surface area contributed by atoms with Crippen LogP contribution in [0.15, 0.2) is 24.5 Å². The molecule has 0 fully saturated rings. The van der Waals surface area contributed by atoms with Crippen molar-refractivity contribution in [2.45, 2.75) is 13.8 Å². The largest absolute Gasteiger partial charge is 0.395 e. The fraction of sp³-hybridized carbons (Fsp3) is 0.385. The second-order valence-corrected chi connectivity index (χ2v) is 4.19. The summed E-state index contributed by atoms with van der Waals surface area (Å²) in [6, 6.07) is 3.84. The smallest absolute Gasteiger partial charge is 0.272 e. The minimum Gasteiger partial charge on any atom is -0.395 e. The van der Waals surface area contributed by atoms with Crippen molar-refractivity contribution in [3.63, 3.8) is 0 Å². The topological polar surface area (TPSA) is 57.8 Å². The highest BCUT2D eigenvalue weighted by molar-refractivity contribution is 5.93. The van der Waals surface area contributed by atoms with E-state index >= 15 is 0 Å². The van der Waals surface area contributed by atoms with Crippen LogP contribution < -0.4 is 0 Å². The molecule has 96 valence electrons. The van der Waals surface area contributed by atoms with Gasteiger partial charge >= 0.3 is 0 Å². The standard InChI is InChI=1S/C13H17N3O2/c1-3-15(6-7-17)13(18)11-8-14-12-5-4-10(2)9-16(11)12/h4-5,8-9,17H,3,6-7H2,1-2H3. The molecule has 5 heteroatoms. The Labute approximate surface area is 106 Å². The van der Waals surface area contributed by atoms with Gasteiger partial charge in [-0.3, -0.25) is 9.20 Å². The van der Waals surface area contributed by atoms with Gasteiger partial charge in [-0.15, -0.1) is 0 Å². The van der Waals surface area contributed by atoms with Crippen LogP contribution in [0.4, 0.5) is 0 Å². The van der Waals surface area contributed by atoms with Crippen molar-refractivity contribution in [1.82, 2.24) is 14.3 Å². The maximum atomic E-state index is 12.3. The average Bonchev–Trinajstić information content (AvgIpc) is 2.78. The third-order valence-corrected chi connectivity index (χ3v) is 2.91. The number of rotatable bonds is 4. The molecule has 2 aromatic rings. The fourth-order valence-electron chi connectivity index (χ4n) is 1.93. The number of aliphatic hydroxyl groups excluding tert-OH is 1. The van der Waals surface area contributed by atoms with Gasteiger partial charge in [-0.2, -0.15) is 0 Å². The zero-order valence-electron chi connectivity index (χ0n) is 10.6. The molecule has 2 rings (SSSR count). The van der Waals surface area contributed by atoms with Crippen LogP contribution in [0.1, 0.15) is 23.0 Å². The van der Waals surface area contributed by atoms with Crippen LogP contribution in [-0.2, 0) is 0 Å². The van der Waals surface area contributed by atoms with E-state index in [1.165, 1.54) is 0 Å². The van der Waals surface area contributed by atoms with Gasteiger partial charge in [0.15, 0.2) is 0 Å². The fourth-order valence-corrected chi connectivity index (χ4v) is 1.93. The Balaban J connectivity index is 2.41. The number of pyridine rings is 1. The quantitative estimate of drug-likeness (QED) is 0.880. The van der Waals surface area contributed by atoms with Crippen LogP contribution in [0, 0.1) is 6.92 Å². The Hall–Kier alpha value is -1.88. The lowest BCUT2D eigenvalue weighted by molar-refractivity contribution is 0.0725. The Kier molecular flexibility index (Phi) is 3.62. The Morgan fingerprint density at radius 3 is 2.94 bits per heavy atom. The van der Waals surface area contributed by atoms with Crippen LogP contribution in [0.2, 0.25) is 0 Å². The van der Waals surface area contributed by atoms with Gasteiger partial charge in [-0.05, 0) is 25.5 Å². The molecule has 0 saturated heterocycles. The molecule has 1 amide bonds. The lowest BCUT2D eigenvalue weighted by Gasteiger charge is -2.19. The summed E-state index contributed by atoms with van der Waals surface area (Å²) in [5.74, 6) is -0.107. The van der Waals surface area contributed by atoms with Gasteiger partial charge in [-0.1, -0.05) is 6.07 Å². The third-order valence-electron chi connectivity index (χ3n) is 2.91. The number of nitrogens with zero attached hydrogens (tertiary/aromatic N) is 3. The summed E-state index contributed by atoms with van der Waals surface area (Å²) >= 11 is 0. The van der Waals surface area contributed by atoms with Gasteiger partial charge in [0.2, 0.25) is 0 Å². The van der Waals surface area contributed by atoms with Crippen LogP contribution in [0.3, 0.4) is 0 Å². The number of amides is 1. The monoisotopic (exact) mass is 247 g/mol. The molecule has 0 aliphatic heterocycles. The SMILES string of the molecule is CCN(CCO)C(=O)c1cnc2ccc(C)cn12. The Morgan fingerprint density at radius 1 is 1.50 bits per heavy atom. The molecule has 18 heavy (non-hydrogen) atoms. The van der Waals surface area contributed by atoms with Gasteiger partial charge in [0.05, 0.1) is 12.8 Å². The molecular formula is C13H17N3O2. The molecule has 0 aliphatic rings. The molecule has 0 saturated carbocycles. The van der Waals surface area contributed by atoms with E-state index in [0.717, 1.165) is 11.2 Å².